The van der Waals surface area contributed by atoms with Crippen LogP contribution in [0.15, 0.2) is 17.0 Å². The van der Waals surface area contributed by atoms with Gasteiger partial charge in [-0.1, -0.05) is 0 Å². The largest absolute Gasteiger partial charge is 0.281 e. The van der Waals surface area contributed by atoms with Gasteiger partial charge in [0, 0.05) is 16.3 Å². The molecule has 0 aliphatic carbocycles. The van der Waals surface area contributed by atoms with E-state index in [9.17, 15) is 8.42 Å². The second-order valence-electron chi connectivity index (χ2n) is 4.10. The van der Waals surface area contributed by atoms with Crippen LogP contribution in [-0.2, 0) is 16.6 Å². The normalized spacial score (nSPS) is 11.9. The van der Waals surface area contributed by atoms with Crippen LogP contribution in [0, 0.1) is 20.8 Å². The molecular weight excluding hydrogens is 270 g/mol. The van der Waals surface area contributed by atoms with Gasteiger partial charge in [0.25, 0.3) is 0 Å². The second kappa shape index (κ2) is 4.83. The Morgan fingerprint density at radius 1 is 1.33 bits per heavy atom. The predicted molar refractivity (Wildman–Crippen MR) is 71.1 cm³/mol. The highest BCUT2D eigenvalue weighted by molar-refractivity contribution is 7.89. The summed E-state index contributed by atoms with van der Waals surface area (Å²) in [5.74, 6) is 0. The predicted octanol–water partition coefficient (Wildman–Crippen LogP) is 1.87. The average Bonchev–Trinajstić information content (AvgIpc) is 2.83. The maximum atomic E-state index is 12.1. The van der Waals surface area contributed by atoms with Crippen LogP contribution < -0.4 is 4.72 Å². The number of rotatable bonds is 4. The van der Waals surface area contributed by atoms with Crippen LogP contribution in [0.2, 0.25) is 0 Å². The van der Waals surface area contributed by atoms with Gasteiger partial charge in [-0.15, -0.1) is 11.3 Å². The molecule has 2 N–H and O–H groups in total. The van der Waals surface area contributed by atoms with Crippen molar-refractivity contribution in [2.45, 2.75) is 32.2 Å². The van der Waals surface area contributed by atoms with Crippen molar-refractivity contribution in [3.8, 4) is 0 Å². The van der Waals surface area contributed by atoms with E-state index in [1.165, 1.54) is 4.88 Å². The molecule has 2 rings (SSSR count). The molecule has 0 bridgehead atoms. The monoisotopic (exact) mass is 285 g/mol. The van der Waals surface area contributed by atoms with Crippen LogP contribution in [0.5, 0.6) is 0 Å². The van der Waals surface area contributed by atoms with E-state index in [1.807, 2.05) is 19.1 Å². The zero-order valence-electron chi connectivity index (χ0n) is 10.4. The first-order valence-electron chi connectivity index (χ1n) is 5.46. The molecule has 2 aromatic rings. The van der Waals surface area contributed by atoms with Crippen molar-refractivity contribution in [3.05, 3.63) is 33.3 Å². The zero-order valence-corrected chi connectivity index (χ0v) is 12.1. The Morgan fingerprint density at radius 2 is 2.06 bits per heavy atom. The first-order valence-corrected chi connectivity index (χ1v) is 7.76. The minimum atomic E-state index is -3.50. The summed E-state index contributed by atoms with van der Waals surface area (Å²) >= 11 is 1.58. The third-order valence-corrected chi connectivity index (χ3v) is 5.23. The molecule has 2 aromatic heterocycles. The summed E-state index contributed by atoms with van der Waals surface area (Å²) in [6.07, 6.45) is 0. The summed E-state index contributed by atoms with van der Waals surface area (Å²) < 4.78 is 26.9. The molecule has 0 radical (unpaired) electrons. The summed E-state index contributed by atoms with van der Waals surface area (Å²) in [6, 6.07) is 3.90. The van der Waals surface area contributed by atoms with Crippen molar-refractivity contribution in [2.24, 2.45) is 0 Å². The van der Waals surface area contributed by atoms with Crippen molar-refractivity contribution in [1.82, 2.24) is 14.9 Å². The van der Waals surface area contributed by atoms with Gasteiger partial charge in [-0.3, -0.25) is 5.10 Å². The van der Waals surface area contributed by atoms with Crippen LogP contribution in [0.1, 0.15) is 21.1 Å². The topological polar surface area (TPSA) is 74.8 Å². The average molecular weight is 285 g/mol. The maximum absolute atomic E-state index is 12.1. The number of nitrogens with one attached hydrogen (secondary N) is 2. The highest BCUT2D eigenvalue weighted by atomic mass is 32.2. The molecule has 0 aliphatic rings. The van der Waals surface area contributed by atoms with Gasteiger partial charge in [-0.05, 0) is 32.9 Å². The van der Waals surface area contributed by atoms with E-state index in [0.717, 1.165) is 4.88 Å². The van der Waals surface area contributed by atoms with Gasteiger partial charge < -0.3 is 0 Å². The molecule has 0 saturated heterocycles. The molecule has 18 heavy (non-hydrogen) atoms. The number of thiophene rings is 1. The second-order valence-corrected chi connectivity index (χ2v) is 7.18. The first-order chi connectivity index (χ1) is 8.40. The standard InChI is InChI=1S/C11H15N3O2S2/c1-7-4-5-10(17-7)6-12-18(15,16)11-8(2)13-14-9(11)3/h4-5,12H,6H2,1-3H3,(H,13,14). The molecule has 5 nitrogen and oxygen atoms in total. The first kappa shape index (κ1) is 13.3. The van der Waals surface area contributed by atoms with Crippen LogP contribution in [0.4, 0.5) is 0 Å². The fourth-order valence-electron chi connectivity index (χ4n) is 1.76. The molecule has 2 heterocycles. The third-order valence-electron chi connectivity index (χ3n) is 2.56. The van der Waals surface area contributed by atoms with Crippen molar-refractivity contribution in [3.63, 3.8) is 0 Å². The van der Waals surface area contributed by atoms with E-state index in [-0.39, 0.29) is 4.90 Å². The van der Waals surface area contributed by atoms with Gasteiger partial charge in [0.1, 0.15) is 4.90 Å². The molecule has 0 fully saturated rings. The highest BCUT2D eigenvalue weighted by Gasteiger charge is 2.21. The zero-order chi connectivity index (χ0) is 13.3. The number of sulfonamides is 1. The molecule has 0 aromatic carbocycles. The molecule has 0 amide bonds. The van der Waals surface area contributed by atoms with Crippen molar-refractivity contribution in [2.75, 3.05) is 0 Å². The Morgan fingerprint density at radius 3 is 2.56 bits per heavy atom. The molecule has 98 valence electrons. The van der Waals surface area contributed by atoms with Gasteiger partial charge in [-0.25, -0.2) is 13.1 Å². The molecule has 7 heteroatoms. The Hall–Kier alpha value is -1.18. The van der Waals surface area contributed by atoms with E-state index in [0.29, 0.717) is 17.9 Å². The number of H-pyrrole nitrogens is 1. The van der Waals surface area contributed by atoms with Gasteiger partial charge in [0.05, 0.1) is 11.4 Å². The van der Waals surface area contributed by atoms with Crippen LogP contribution in [0.3, 0.4) is 0 Å². The van der Waals surface area contributed by atoms with E-state index in [4.69, 9.17) is 0 Å². The van der Waals surface area contributed by atoms with Gasteiger partial charge in [0.2, 0.25) is 10.0 Å². The van der Waals surface area contributed by atoms with Crippen LogP contribution in [-0.4, -0.2) is 18.6 Å². The third kappa shape index (κ3) is 2.63. The molecule has 0 aliphatic heterocycles. The minimum Gasteiger partial charge on any atom is -0.281 e. The summed E-state index contributed by atoms with van der Waals surface area (Å²) in [7, 11) is -3.50. The number of nitrogens with zero attached hydrogens (tertiary/aromatic N) is 1. The van der Waals surface area contributed by atoms with E-state index < -0.39 is 10.0 Å². The lowest BCUT2D eigenvalue weighted by Crippen LogP contribution is -2.23. The maximum Gasteiger partial charge on any atom is 0.244 e. The Labute approximate surface area is 110 Å². The number of hydrogen-bond acceptors (Lipinski definition) is 4. The molecule has 0 atom stereocenters. The summed E-state index contributed by atoms with van der Waals surface area (Å²) in [5, 5.41) is 6.58. The van der Waals surface area contributed by atoms with Crippen molar-refractivity contribution >= 4 is 21.4 Å². The Balaban J connectivity index is 2.18. The van der Waals surface area contributed by atoms with Crippen molar-refractivity contribution < 1.29 is 8.42 Å². The Kier molecular flexibility index (Phi) is 3.56. The van der Waals surface area contributed by atoms with Crippen molar-refractivity contribution in [1.29, 1.82) is 0 Å². The SMILES string of the molecule is Cc1ccc(CNS(=O)(=O)c2c(C)n[nH]c2C)s1. The van der Waals surface area contributed by atoms with Crippen LogP contribution in [0.25, 0.3) is 0 Å². The van der Waals surface area contributed by atoms with E-state index in [2.05, 4.69) is 14.9 Å². The lowest BCUT2D eigenvalue weighted by atomic mass is 10.4. The Bertz CT molecular complexity index is 636. The fraction of sp³-hybridized carbons (Fsp3) is 0.364. The molecular formula is C11H15N3O2S2. The molecule has 0 spiro atoms. The summed E-state index contributed by atoms with van der Waals surface area (Å²) in [4.78, 5) is 2.41. The van der Waals surface area contributed by atoms with E-state index in [1.54, 1.807) is 25.2 Å². The summed E-state index contributed by atoms with van der Waals surface area (Å²) in [5.41, 5.74) is 1.05. The van der Waals surface area contributed by atoms with Crippen LogP contribution >= 0.6 is 11.3 Å². The lowest BCUT2D eigenvalue weighted by molar-refractivity contribution is 0.580. The lowest BCUT2D eigenvalue weighted by Gasteiger charge is -2.05. The number of aryl methyl sites for hydroxylation is 3. The highest BCUT2D eigenvalue weighted by Crippen LogP contribution is 2.19. The van der Waals surface area contributed by atoms with Gasteiger partial charge >= 0.3 is 0 Å². The molecule has 0 saturated carbocycles. The summed E-state index contributed by atoms with van der Waals surface area (Å²) in [6.45, 7) is 5.68. The van der Waals surface area contributed by atoms with E-state index >= 15 is 0 Å². The fourth-order valence-corrected chi connectivity index (χ4v) is 4.05. The van der Waals surface area contributed by atoms with Gasteiger partial charge in [-0.2, -0.15) is 5.10 Å². The number of aromatic nitrogens is 2. The quantitative estimate of drug-likeness (QED) is 0.900. The van der Waals surface area contributed by atoms with Gasteiger partial charge in [0.15, 0.2) is 0 Å². The molecule has 0 unspecified atom stereocenters. The number of hydrogen-bond donors (Lipinski definition) is 2. The smallest absolute Gasteiger partial charge is 0.244 e. The minimum absolute atomic E-state index is 0.246. The number of aromatic amines is 1.